The molecule has 7 heteroatoms. The molecule has 1 saturated heterocycles. The van der Waals surface area contributed by atoms with Crippen LogP contribution in [0.5, 0.6) is 5.75 Å². The van der Waals surface area contributed by atoms with Crippen LogP contribution in [0.2, 0.25) is 0 Å². The number of nitrogens with one attached hydrogen (secondary N) is 1. The smallest absolute Gasteiger partial charge is 0.255 e. The molecule has 2 aromatic heterocycles. The van der Waals surface area contributed by atoms with Crippen molar-refractivity contribution in [3.63, 3.8) is 0 Å². The number of rotatable bonds is 4. The Labute approximate surface area is 167 Å². The number of H-pyrrole nitrogens is 1. The van der Waals surface area contributed by atoms with Gasteiger partial charge in [0.15, 0.2) is 0 Å². The zero-order valence-corrected chi connectivity index (χ0v) is 16.0. The van der Waals surface area contributed by atoms with E-state index in [0.29, 0.717) is 36.1 Å². The van der Waals surface area contributed by atoms with E-state index in [0.717, 1.165) is 42.4 Å². The average Bonchev–Trinajstić information content (AvgIpc) is 3.44. The van der Waals surface area contributed by atoms with Gasteiger partial charge >= 0.3 is 0 Å². The highest BCUT2D eigenvalue weighted by Crippen LogP contribution is 2.34. The third kappa shape index (κ3) is 3.52. The molecule has 1 amide bonds. The minimum atomic E-state index is -0.337. The van der Waals surface area contributed by atoms with E-state index in [1.807, 2.05) is 17.2 Å². The van der Waals surface area contributed by atoms with E-state index in [4.69, 9.17) is 10.5 Å². The summed E-state index contributed by atoms with van der Waals surface area (Å²) in [5.74, 6) is 0.601. The SMILES string of the molecule is Nc1cc(OC2CC2)ccc1C(=O)N1CCC(c2c[nH]c3ncc(F)cc23)CC1. The van der Waals surface area contributed by atoms with Crippen molar-refractivity contribution >= 4 is 22.6 Å². The molecule has 150 valence electrons. The Morgan fingerprint density at radius 2 is 2.00 bits per heavy atom. The fourth-order valence-electron chi connectivity index (χ4n) is 4.09. The molecule has 2 aliphatic rings. The standard InChI is InChI=1S/C22H23FN4O2/c23-14-9-18-19(12-26-21(18)25-11-14)13-5-7-27(8-6-13)22(28)17-4-3-16(10-20(17)24)29-15-1-2-15/h3-4,9-13,15H,1-2,5-8,24H2,(H,25,26). The fourth-order valence-corrected chi connectivity index (χ4v) is 4.09. The molecule has 1 aliphatic heterocycles. The van der Waals surface area contributed by atoms with Gasteiger partial charge in [-0.05, 0) is 55.4 Å². The molecule has 6 nitrogen and oxygen atoms in total. The zero-order valence-electron chi connectivity index (χ0n) is 16.0. The number of carbonyl (C=O) groups excluding carboxylic acids is 1. The third-order valence-corrected chi connectivity index (χ3v) is 5.83. The Morgan fingerprint density at radius 1 is 1.21 bits per heavy atom. The number of pyridine rings is 1. The lowest BCUT2D eigenvalue weighted by molar-refractivity contribution is 0.0714. The second-order valence-electron chi connectivity index (χ2n) is 7.93. The average molecular weight is 394 g/mol. The molecule has 29 heavy (non-hydrogen) atoms. The Morgan fingerprint density at radius 3 is 2.72 bits per heavy atom. The summed E-state index contributed by atoms with van der Waals surface area (Å²) in [6.07, 6.45) is 7.22. The Hall–Kier alpha value is -3.09. The van der Waals surface area contributed by atoms with Crippen molar-refractivity contribution in [1.82, 2.24) is 14.9 Å². The van der Waals surface area contributed by atoms with Gasteiger partial charge in [0, 0.05) is 36.4 Å². The maximum Gasteiger partial charge on any atom is 0.255 e. The number of amides is 1. The van der Waals surface area contributed by atoms with Gasteiger partial charge in [-0.15, -0.1) is 0 Å². The van der Waals surface area contributed by atoms with Gasteiger partial charge in [-0.2, -0.15) is 0 Å². The monoisotopic (exact) mass is 394 g/mol. The summed E-state index contributed by atoms with van der Waals surface area (Å²) >= 11 is 0. The van der Waals surface area contributed by atoms with Crippen molar-refractivity contribution in [2.75, 3.05) is 18.8 Å². The number of hydrogen-bond acceptors (Lipinski definition) is 4. The number of halogens is 1. The molecule has 1 saturated carbocycles. The number of nitrogens with two attached hydrogens (primary N) is 1. The number of nitrogen functional groups attached to an aromatic ring is 1. The van der Waals surface area contributed by atoms with E-state index in [2.05, 4.69) is 9.97 Å². The normalized spacial score (nSPS) is 17.6. The number of fused-ring (bicyclic) bond motifs is 1. The molecule has 0 atom stereocenters. The first-order chi connectivity index (χ1) is 14.1. The molecule has 1 aromatic carbocycles. The summed E-state index contributed by atoms with van der Waals surface area (Å²) in [6, 6.07) is 6.85. The highest BCUT2D eigenvalue weighted by molar-refractivity contribution is 5.99. The number of aromatic amines is 1. The van der Waals surface area contributed by atoms with Crippen LogP contribution in [0.25, 0.3) is 11.0 Å². The van der Waals surface area contributed by atoms with Crippen LogP contribution < -0.4 is 10.5 Å². The van der Waals surface area contributed by atoms with Gasteiger partial charge in [0.2, 0.25) is 0 Å². The number of benzene rings is 1. The molecule has 3 aromatic rings. The quantitative estimate of drug-likeness (QED) is 0.659. The Balaban J connectivity index is 1.27. The lowest BCUT2D eigenvalue weighted by atomic mass is 9.89. The molecule has 0 bridgehead atoms. The van der Waals surface area contributed by atoms with Crippen molar-refractivity contribution < 1.29 is 13.9 Å². The second kappa shape index (κ2) is 7.06. The van der Waals surface area contributed by atoms with Crippen LogP contribution in [0, 0.1) is 5.82 Å². The molecule has 2 fully saturated rings. The van der Waals surface area contributed by atoms with Crippen LogP contribution >= 0.6 is 0 Å². The van der Waals surface area contributed by atoms with E-state index in [-0.39, 0.29) is 17.6 Å². The van der Waals surface area contributed by atoms with E-state index in [9.17, 15) is 9.18 Å². The molecule has 1 aliphatic carbocycles. The summed E-state index contributed by atoms with van der Waals surface area (Å²) in [6.45, 7) is 1.28. The minimum Gasteiger partial charge on any atom is -0.490 e. The molecule has 3 N–H and O–H groups in total. The van der Waals surface area contributed by atoms with Crippen molar-refractivity contribution in [3.8, 4) is 5.75 Å². The van der Waals surface area contributed by atoms with Crippen LogP contribution in [-0.2, 0) is 0 Å². The van der Waals surface area contributed by atoms with Gasteiger partial charge < -0.3 is 20.4 Å². The molecular weight excluding hydrogens is 371 g/mol. The minimum absolute atomic E-state index is 0.0504. The largest absolute Gasteiger partial charge is 0.490 e. The van der Waals surface area contributed by atoms with E-state index >= 15 is 0 Å². The number of hydrogen-bond donors (Lipinski definition) is 2. The lowest BCUT2D eigenvalue weighted by Gasteiger charge is -2.32. The van der Waals surface area contributed by atoms with Crippen molar-refractivity contribution in [3.05, 3.63) is 53.6 Å². The van der Waals surface area contributed by atoms with Gasteiger partial charge in [0.25, 0.3) is 5.91 Å². The molecule has 0 unspecified atom stereocenters. The molecule has 0 radical (unpaired) electrons. The first-order valence-electron chi connectivity index (χ1n) is 10.1. The summed E-state index contributed by atoms with van der Waals surface area (Å²) in [5.41, 5.74) is 8.87. The maximum absolute atomic E-state index is 13.6. The molecule has 0 spiro atoms. The number of carbonyl (C=O) groups is 1. The first kappa shape index (κ1) is 18.0. The zero-order chi connectivity index (χ0) is 20.0. The number of likely N-dealkylation sites (tertiary alicyclic amines) is 1. The summed E-state index contributed by atoms with van der Waals surface area (Å²) in [4.78, 5) is 22.0. The maximum atomic E-state index is 13.6. The topological polar surface area (TPSA) is 84.2 Å². The second-order valence-corrected chi connectivity index (χ2v) is 7.93. The summed E-state index contributed by atoms with van der Waals surface area (Å²) < 4.78 is 19.4. The van der Waals surface area contributed by atoms with Crippen LogP contribution in [0.3, 0.4) is 0 Å². The van der Waals surface area contributed by atoms with Gasteiger partial charge in [-0.1, -0.05) is 0 Å². The van der Waals surface area contributed by atoms with Crippen molar-refractivity contribution in [1.29, 1.82) is 0 Å². The van der Waals surface area contributed by atoms with Crippen LogP contribution in [0.15, 0.2) is 36.7 Å². The number of nitrogens with zero attached hydrogens (tertiary/aromatic N) is 2. The van der Waals surface area contributed by atoms with Crippen LogP contribution in [0.4, 0.5) is 10.1 Å². The van der Waals surface area contributed by atoms with E-state index in [1.54, 1.807) is 12.1 Å². The summed E-state index contributed by atoms with van der Waals surface area (Å²) in [5, 5.41) is 0.824. The van der Waals surface area contributed by atoms with E-state index < -0.39 is 0 Å². The number of aromatic nitrogens is 2. The van der Waals surface area contributed by atoms with Gasteiger partial charge in [0.1, 0.15) is 17.2 Å². The number of piperidine rings is 1. The van der Waals surface area contributed by atoms with Gasteiger partial charge in [-0.25, -0.2) is 9.37 Å². The summed E-state index contributed by atoms with van der Waals surface area (Å²) in [7, 11) is 0. The number of ether oxygens (including phenoxy) is 1. The molecule has 3 heterocycles. The van der Waals surface area contributed by atoms with Crippen molar-refractivity contribution in [2.24, 2.45) is 0 Å². The van der Waals surface area contributed by atoms with Crippen LogP contribution in [-0.4, -0.2) is 40.0 Å². The Kier molecular flexibility index (Phi) is 4.38. The van der Waals surface area contributed by atoms with Gasteiger partial charge in [-0.3, -0.25) is 4.79 Å². The van der Waals surface area contributed by atoms with Crippen molar-refractivity contribution in [2.45, 2.75) is 37.7 Å². The van der Waals surface area contributed by atoms with Gasteiger partial charge in [0.05, 0.1) is 17.9 Å². The van der Waals surface area contributed by atoms with E-state index in [1.165, 1.54) is 12.3 Å². The highest BCUT2D eigenvalue weighted by atomic mass is 19.1. The molecular formula is C22H23FN4O2. The first-order valence-corrected chi connectivity index (χ1v) is 10.1. The predicted octanol–water partition coefficient (Wildman–Crippen LogP) is 3.85. The highest BCUT2D eigenvalue weighted by Gasteiger charge is 2.28. The third-order valence-electron chi connectivity index (χ3n) is 5.83. The predicted molar refractivity (Wildman–Crippen MR) is 108 cm³/mol. The number of anilines is 1. The fraction of sp³-hybridized carbons (Fsp3) is 0.364. The lowest BCUT2D eigenvalue weighted by Crippen LogP contribution is -2.38. The Bertz CT molecular complexity index is 1070. The molecule has 5 rings (SSSR count). The van der Waals surface area contributed by atoms with Crippen LogP contribution in [0.1, 0.15) is 47.5 Å².